The van der Waals surface area contributed by atoms with Crippen LogP contribution in [0.3, 0.4) is 0 Å². The SMILES string of the molecule is CC1(C)CCC(NS(=O)(=O)N2CCCC(CN)C2)CC1. The third-order valence-electron chi connectivity index (χ3n) is 4.81. The number of rotatable bonds is 4. The average Bonchev–Trinajstić information content (AvgIpc) is 2.41. The molecule has 1 aliphatic carbocycles. The van der Waals surface area contributed by atoms with E-state index < -0.39 is 10.2 Å². The first-order valence-electron chi connectivity index (χ1n) is 7.80. The Hall–Kier alpha value is -0.170. The molecule has 0 bridgehead atoms. The Bertz CT molecular complexity index is 412. The van der Waals surface area contributed by atoms with E-state index in [9.17, 15) is 8.42 Å². The zero-order chi connectivity index (χ0) is 14.8. The first kappa shape index (κ1) is 16.2. The van der Waals surface area contributed by atoms with Crippen LogP contribution < -0.4 is 10.5 Å². The van der Waals surface area contributed by atoms with Crippen LogP contribution >= 0.6 is 0 Å². The molecular formula is C14H29N3O2S. The van der Waals surface area contributed by atoms with Gasteiger partial charge in [0.15, 0.2) is 0 Å². The van der Waals surface area contributed by atoms with Crippen molar-refractivity contribution >= 4 is 10.2 Å². The standard InChI is InChI=1S/C14H29N3O2S/c1-14(2)7-5-13(6-8-14)16-20(18,19)17-9-3-4-12(10-15)11-17/h12-13,16H,3-11,15H2,1-2H3. The van der Waals surface area contributed by atoms with Crippen molar-refractivity contribution in [1.82, 2.24) is 9.03 Å². The highest BCUT2D eigenvalue weighted by molar-refractivity contribution is 7.87. The summed E-state index contributed by atoms with van der Waals surface area (Å²) in [5, 5.41) is 0. The van der Waals surface area contributed by atoms with E-state index in [-0.39, 0.29) is 6.04 Å². The van der Waals surface area contributed by atoms with Gasteiger partial charge in [0.2, 0.25) is 0 Å². The van der Waals surface area contributed by atoms with Crippen molar-refractivity contribution in [3.05, 3.63) is 0 Å². The van der Waals surface area contributed by atoms with Gasteiger partial charge in [0.1, 0.15) is 0 Å². The minimum Gasteiger partial charge on any atom is -0.330 e. The summed E-state index contributed by atoms with van der Waals surface area (Å²) in [4.78, 5) is 0. The summed E-state index contributed by atoms with van der Waals surface area (Å²) in [6, 6.07) is 0.103. The molecule has 1 saturated heterocycles. The zero-order valence-corrected chi connectivity index (χ0v) is 13.6. The van der Waals surface area contributed by atoms with Crippen molar-refractivity contribution in [2.75, 3.05) is 19.6 Å². The highest BCUT2D eigenvalue weighted by Crippen LogP contribution is 2.35. The second kappa shape index (κ2) is 6.30. The number of nitrogens with two attached hydrogens (primary N) is 1. The van der Waals surface area contributed by atoms with Crippen molar-refractivity contribution in [1.29, 1.82) is 0 Å². The molecule has 118 valence electrons. The van der Waals surface area contributed by atoms with Gasteiger partial charge in [-0.15, -0.1) is 0 Å². The Kier molecular flexibility index (Phi) is 5.10. The smallest absolute Gasteiger partial charge is 0.279 e. The first-order valence-corrected chi connectivity index (χ1v) is 9.24. The molecule has 3 N–H and O–H groups in total. The molecule has 1 atom stereocenters. The highest BCUT2D eigenvalue weighted by Gasteiger charge is 2.33. The first-order chi connectivity index (χ1) is 9.32. The molecular weight excluding hydrogens is 274 g/mol. The Labute approximate surface area is 123 Å². The third-order valence-corrected chi connectivity index (χ3v) is 6.45. The van der Waals surface area contributed by atoms with Crippen molar-refractivity contribution < 1.29 is 8.42 Å². The molecule has 1 aliphatic heterocycles. The fraction of sp³-hybridized carbons (Fsp3) is 1.00. The van der Waals surface area contributed by atoms with Crippen LogP contribution in [0.25, 0.3) is 0 Å². The average molecular weight is 303 g/mol. The number of hydrogen-bond donors (Lipinski definition) is 2. The molecule has 2 aliphatic rings. The molecule has 0 radical (unpaired) electrons. The maximum Gasteiger partial charge on any atom is 0.279 e. The molecule has 1 saturated carbocycles. The molecule has 0 aromatic carbocycles. The molecule has 1 heterocycles. The van der Waals surface area contributed by atoms with Gasteiger partial charge in [-0.1, -0.05) is 13.8 Å². The summed E-state index contributed by atoms with van der Waals surface area (Å²) in [5.74, 6) is 0.311. The van der Waals surface area contributed by atoms with Gasteiger partial charge < -0.3 is 5.73 Å². The monoisotopic (exact) mass is 303 g/mol. The quantitative estimate of drug-likeness (QED) is 0.825. The fourth-order valence-electron chi connectivity index (χ4n) is 3.24. The van der Waals surface area contributed by atoms with Crippen molar-refractivity contribution in [2.24, 2.45) is 17.1 Å². The van der Waals surface area contributed by atoms with E-state index in [0.29, 0.717) is 31.0 Å². The van der Waals surface area contributed by atoms with Gasteiger partial charge in [-0.25, -0.2) is 0 Å². The third kappa shape index (κ3) is 4.16. The second-order valence-corrected chi connectivity index (χ2v) is 8.87. The zero-order valence-electron chi connectivity index (χ0n) is 12.8. The number of nitrogens with one attached hydrogen (secondary N) is 1. The van der Waals surface area contributed by atoms with Gasteiger partial charge in [0, 0.05) is 19.1 Å². The molecule has 1 unspecified atom stereocenters. The summed E-state index contributed by atoms with van der Waals surface area (Å²) in [5.41, 5.74) is 6.04. The van der Waals surface area contributed by atoms with Gasteiger partial charge in [-0.3, -0.25) is 0 Å². The molecule has 5 nitrogen and oxygen atoms in total. The van der Waals surface area contributed by atoms with Crippen LogP contribution in [0.4, 0.5) is 0 Å². The van der Waals surface area contributed by atoms with E-state index in [1.54, 1.807) is 4.31 Å². The van der Waals surface area contributed by atoms with Gasteiger partial charge in [0.05, 0.1) is 0 Å². The Morgan fingerprint density at radius 2 is 1.90 bits per heavy atom. The lowest BCUT2D eigenvalue weighted by atomic mass is 9.76. The summed E-state index contributed by atoms with van der Waals surface area (Å²) in [6.45, 7) is 6.29. The molecule has 20 heavy (non-hydrogen) atoms. The molecule has 0 aromatic rings. The van der Waals surface area contributed by atoms with E-state index in [1.807, 2.05) is 0 Å². The van der Waals surface area contributed by atoms with Gasteiger partial charge >= 0.3 is 0 Å². The Morgan fingerprint density at radius 1 is 1.25 bits per heavy atom. The summed E-state index contributed by atoms with van der Waals surface area (Å²) < 4.78 is 29.4. The van der Waals surface area contributed by atoms with Crippen molar-refractivity contribution in [3.63, 3.8) is 0 Å². The number of nitrogens with zero attached hydrogens (tertiary/aromatic N) is 1. The van der Waals surface area contributed by atoms with Crippen LogP contribution in [0.1, 0.15) is 52.4 Å². The van der Waals surface area contributed by atoms with Crippen molar-refractivity contribution in [2.45, 2.75) is 58.4 Å². The molecule has 6 heteroatoms. The second-order valence-electron chi connectivity index (χ2n) is 7.16. The molecule has 0 amide bonds. The number of hydrogen-bond acceptors (Lipinski definition) is 3. The van der Waals surface area contributed by atoms with Gasteiger partial charge in [0.25, 0.3) is 10.2 Å². The van der Waals surface area contributed by atoms with E-state index in [0.717, 1.165) is 38.5 Å². The fourth-order valence-corrected chi connectivity index (χ4v) is 4.82. The molecule has 0 spiro atoms. The van der Waals surface area contributed by atoms with Crippen LogP contribution in [0, 0.1) is 11.3 Å². The largest absolute Gasteiger partial charge is 0.330 e. The van der Waals surface area contributed by atoms with Crippen LogP contribution in [0.2, 0.25) is 0 Å². The minimum atomic E-state index is -3.34. The lowest BCUT2D eigenvalue weighted by molar-refractivity contribution is 0.213. The summed E-state index contributed by atoms with van der Waals surface area (Å²) in [7, 11) is -3.34. The summed E-state index contributed by atoms with van der Waals surface area (Å²) >= 11 is 0. The Morgan fingerprint density at radius 3 is 2.50 bits per heavy atom. The number of piperidine rings is 1. The van der Waals surface area contributed by atoms with E-state index >= 15 is 0 Å². The molecule has 0 aromatic heterocycles. The lowest BCUT2D eigenvalue weighted by Crippen LogP contribution is -2.50. The topological polar surface area (TPSA) is 75.4 Å². The summed E-state index contributed by atoms with van der Waals surface area (Å²) in [6.07, 6.45) is 6.03. The van der Waals surface area contributed by atoms with E-state index in [4.69, 9.17) is 5.73 Å². The van der Waals surface area contributed by atoms with Gasteiger partial charge in [-0.2, -0.15) is 17.4 Å². The van der Waals surface area contributed by atoms with Crippen LogP contribution in [-0.2, 0) is 10.2 Å². The minimum absolute atomic E-state index is 0.103. The van der Waals surface area contributed by atoms with Crippen molar-refractivity contribution in [3.8, 4) is 0 Å². The normalized spacial score (nSPS) is 29.4. The maximum atomic E-state index is 12.5. The van der Waals surface area contributed by atoms with Gasteiger partial charge in [-0.05, 0) is 56.4 Å². The predicted octanol–water partition coefficient (Wildman–Crippen LogP) is 1.46. The lowest BCUT2D eigenvalue weighted by Gasteiger charge is -2.37. The maximum absolute atomic E-state index is 12.5. The molecule has 2 fully saturated rings. The highest BCUT2D eigenvalue weighted by atomic mass is 32.2. The van der Waals surface area contributed by atoms with E-state index in [1.165, 1.54) is 0 Å². The van der Waals surface area contributed by atoms with Crippen LogP contribution in [-0.4, -0.2) is 38.4 Å². The molecule has 2 rings (SSSR count). The van der Waals surface area contributed by atoms with Crippen LogP contribution in [0.15, 0.2) is 0 Å². The van der Waals surface area contributed by atoms with Crippen LogP contribution in [0.5, 0.6) is 0 Å². The predicted molar refractivity (Wildman–Crippen MR) is 81.4 cm³/mol. The Balaban J connectivity index is 1.91. The van der Waals surface area contributed by atoms with E-state index in [2.05, 4.69) is 18.6 Å².